The number of anilines is 1. The van der Waals surface area contributed by atoms with Crippen LogP contribution >= 0.6 is 11.6 Å². The van der Waals surface area contributed by atoms with E-state index in [0.29, 0.717) is 0 Å². The van der Waals surface area contributed by atoms with Gasteiger partial charge >= 0.3 is 0 Å². The highest BCUT2D eigenvalue weighted by molar-refractivity contribution is 6.31. The SMILES string of the molecule is CCC(N)Cc1c(Cl)cccc1N(CC)Cc1ccco1. The van der Waals surface area contributed by atoms with E-state index in [1.807, 2.05) is 24.3 Å². The predicted molar refractivity (Wildman–Crippen MR) is 88.9 cm³/mol. The number of nitrogens with zero attached hydrogens (tertiary/aromatic N) is 1. The summed E-state index contributed by atoms with van der Waals surface area (Å²) in [7, 11) is 0. The van der Waals surface area contributed by atoms with Crippen molar-refractivity contribution in [1.29, 1.82) is 0 Å². The Kier molecular flexibility index (Phi) is 5.71. The van der Waals surface area contributed by atoms with E-state index in [9.17, 15) is 0 Å². The molecule has 2 N–H and O–H groups in total. The molecule has 3 nitrogen and oxygen atoms in total. The first-order valence-corrected chi connectivity index (χ1v) is 7.83. The Hall–Kier alpha value is -1.45. The van der Waals surface area contributed by atoms with E-state index in [2.05, 4.69) is 24.8 Å². The highest BCUT2D eigenvalue weighted by Crippen LogP contribution is 2.30. The minimum Gasteiger partial charge on any atom is -0.467 e. The summed E-state index contributed by atoms with van der Waals surface area (Å²) >= 11 is 6.41. The van der Waals surface area contributed by atoms with Crippen molar-refractivity contribution >= 4 is 17.3 Å². The Bertz CT molecular complexity index is 554. The average molecular weight is 307 g/mol. The summed E-state index contributed by atoms with van der Waals surface area (Å²) < 4.78 is 5.46. The first-order valence-electron chi connectivity index (χ1n) is 7.46. The lowest BCUT2D eigenvalue weighted by atomic mass is 10.0. The molecule has 0 aliphatic heterocycles. The Balaban J connectivity index is 2.29. The number of halogens is 1. The molecule has 4 heteroatoms. The third-order valence-electron chi connectivity index (χ3n) is 3.73. The highest BCUT2D eigenvalue weighted by Gasteiger charge is 2.16. The van der Waals surface area contributed by atoms with E-state index in [-0.39, 0.29) is 6.04 Å². The number of hydrogen-bond acceptors (Lipinski definition) is 3. The van der Waals surface area contributed by atoms with Gasteiger partial charge in [-0.05, 0) is 49.6 Å². The summed E-state index contributed by atoms with van der Waals surface area (Å²) in [4.78, 5) is 2.27. The molecule has 0 spiro atoms. The smallest absolute Gasteiger partial charge is 0.123 e. The first-order chi connectivity index (χ1) is 10.2. The van der Waals surface area contributed by atoms with Crippen LogP contribution < -0.4 is 10.6 Å². The maximum atomic E-state index is 6.41. The van der Waals surface area contributed by atoms with Gasteiger partial charge in [0.15, 0.2) is 0 Å². The summed E-state index contributed by atoms with van der Waals surface area (Å²) in [6, 6.07) is 10.1. The summed E-state index contributed by atoms with van der Waals surface area (Å²) in [5.74, 6) is 0.947. The first kappa shape index (κ1) is 15.9. The van der Waals surface area contributed by atoms with E-state index in [1.165, 1.54) is 0 Å². The molecule has 0 saturated heterocycles. The van der Waals surface area contributed by atoms with Gasteiger partial charge in [0, 0.05) is 23.3 Å². The molecule has 0 fully saturated rings. The fraction of sp³-hybridized carbons (Fsp3) is 0.412. The molecule has 0 saturated carbocycles. The maximum Gasteiger partial charge on any atom is 0.123 e. The molecule has 1 aromatic heterocycles. The Morgan fingerprint density at radius 1 is 1.24 bits per heavy atom. The molecule has 114 valence electrons. The van der Waals surface area contributed by atoms with E-state index < -0.39 is 0 Å². The van der Waals surface area contributed by atoms with E-state index in [4.69, 9.17) is 21.8 Å². The number of rotatable bonds is 7. The van der Waals surface area contributed by atoms with Crippen LogP contribution in [0, 0.1) is 0 Å². The average Bonchev–Trinajstić information content (AvgIpc) is 3.00. The van der Waals surface area contributed by atoms with Gasteiger partial charge in [-0.2, -0.15) is 0 Å². The van der Waals surface area contributed by atoms with Gasteiger partial charge in [-0.1, -0.05) is 24.6 Å². The number of nitrogens with two attached hydrogens (primary N) is 1. The van der Waals surface area contributed by atoms with Gasteiger partial charge < -0.3 is 15.1 Å². The van der Waals surface area contributed by atoms with Crippen molar-refractivity contribution in [3.63, 3.8) is 0 Å². The quantitative estimate of drug-likeness (QED) is 0.832. The van der Waals surface area contributed by atoms with Crippen molar-refractivity contribution in [3.8, 4) is 0 Å². The van der Waals surface area contributed by atoms with E-state index >= 15 is 0 Å². The second-order valence-corrected chi connectivity index (χ2v) is 5.61. The van der Waals surface area contributed by atoms with Crippen LogP contribution in [0.15, 0.2) is 41.0 Å². The van der Waals surface area contributed by atoms with Gasteiger partial charge in [-0.3, -0.25) is 0 Å². The number of benzene rings is 1. The zero-order valence-electron chi connectivity index (χ0n) is 12.7. The van der Waals surface area contributed by atoms with E-state index in [1.54, 1.807) is 6.26 Å². The molecule has 21 heavy (non-hydrogen) atoms. The zero-order chi connectivity index (χ0) is 15.2. The molecule has 0 aliphatic rings. The summed E-state index contributed by atoms with van der Waals surface area (Å²) in [6.45, 7) is 5.85. The number of hydrogen-bond donors (Lipinski definition) is 1. The minimum absolute atomic E-state index is 0.131. The molecule has 0 radical (unpaired) electrons. The summed E-state index contributed by atoms with van der Waals surface area (Å²) in [6.07, 6.45) is 3.43. The standard InChI is InChI=1S/C17H23ClN2O/c1-3-13(19)11-15-16(18)8-5-9-17(15)20(4-2)12-14-7-6-10-21-14/h5-10,13H,3-4,11-12,19H2,1-2H3. The molecular formula is C17H23ClN2O. The van der Waals surface area contributed by atoms with Crippen LogP contribution in [0.3, 0.4) is 0 Å². The molecule has 0 bridgehead atoms. The van der Waals surface area contributed by atoms with Crippen molar-refractivity contribution in [1.82, 2.24) is 0 Å². The van der Waals surface area contributed by atoms with Crippen molar-refractivity contribution in [2.24, 2.45) is 5.73 Å². The largest absolute Gasteiger partial charge is 0.467 e. The van der Waals surface area contributed by atoms with Gasteiger partial charge in [-0.25, -0.2) is 0 Å². The van der Waals surface area contributed by atoms with Crippen LogP contribution in [0.4, 0.5) is 5.69 Å². The fourth-order valence-electron chi connectivity index (χ4n) is 2.41. The monoisotopic (exact) mass is 306 g/mol. The third kappa shape index (κ3) is 4.02. The van der Waals surface area contributed by atoms with Crippen LogP contribution in [0.1, 0.15) is 31.6 Å². The fourth-order valence-corrected chi connectivity index (χ4v) is 2.66. The van der Waals surface area contributed by atoms with Gasteiger partial charge in [0.1, 0.15) is 5.76 Å². The maximum absolute atomic E-state index is 6.41. The van der Waals surface area contributed by atoms with Crippen molar-refractivity contribution in [2.45, 2.75) is 39.3 Å². The molecule has 1 aromatic carbocycles. The van der Waals surface area contributed by atoms with Gasteiger partial charge in [0.2, 0.25) is 0 Å². The lowest BCUT2D eigenvalue weighted by Crippen LogP contribution is -2.26. The lowest BCUT2D eigenvalue weighted by Gasteiger charge is -2.26. The Labute approximate surface area is 131 Å². The van der Waals surface area contributed by atoms with Crippen molar-refractivity contribution in [3.05, 3.63) is 52.9 Å². The molecule has 1 unspecified atom stereocenters. The van der Waals surface area contributed by atoms with Gasteiger partial charge in [0.05, 0.1) is 12.8 Å². The molecule has 1 heterocycles. The van der Waals surface area contributed by atoms with Crippen LogP contribution in [0.2, 0.25) is 5.02 Å². The van der Waals surface area contributed by atoms with Crippen LogP contribution in [-0.4, -0.2) is 12.6 Å². The van der Waals surface area contributed by atoms with Gasteiger partial charge in [-0.15, -0.1) is 0 Å². The van der Waals surface area contributed by atoms with Crippen LogP contribution in [0.25, 0.3) is 0 Å². The minimum atomic E-state index is 0.131. The normalized spacial score (nSPS) is 12.4. The second kappa shape index (κ2) is 7.53. The summed E-state index contributed by atoms with van der Waals surface area (Å²) in [5, 5.41) is 0.786. The molecule has 2 aromatic rings. The highest BCUT2D eigenvalue weighted by atomic mass is 35.5. The van der Waals surface area contributed by atoms with E-state index in [0.717, 1.165) is 48.0 Å². The third-order valence-corrected chi connectivity index (χ3v) is 4.09. The Morgan fingerprint density at radius 3 is 2.67 bits per heavy atom. The topological polar surface area (TPSA) is 42.4 Å². The van der Waals surface area contributed by atoms with Crippen LogP contribution in [0.5, 0.6) is 0 Å². The molecule has 2 rings (SSSR count). The molecular weight excluding hydrogens is 284 g/mol. The Morgan fingerprint density at radius 2 is 2.05 bits per heavy atom. The predicted octanol–water partition coefficient (Wildman–Crippen LogP) is 4.24. The summed E-state index contributed by atoms with van der Waals surface area (Å²) in [5.41, 5.74) is 8.40. The molecule has 0 aliphatic carbocycles. The lowest BCUT2D eigenvalue weighted by molar-refractivity contribution is 0.503. The molecule has 0 amide bonds. The molecule has 1 atom stereocenters. The second-order valence-electron chi connectivity index (χ2n) is 5.20. The van der Waals surface area contributed by atoms with Crippen LogP contribution in [-0.2, 0) is 13.0 Å². The van der Waals surface area contributed by atoms with Gasteiger partial charge in [0.25, 0.3) is 0 Å². The van der Waals surface area contributed by atoms with Crippen molar-refractivity contribution < 1.29 is 4.42 Å². The zero-order valence-corrected chi connectivity index (χ0v) is 13.4. The van der Waals surface area contributed by atoms with Crippen molar-refractivity contribution in [2.75, 3.05) is 11.4 Å². The number of furan rings is 1.